The van der Waals surface area contributed by atoms with Crippen molar-refractivity contribution in [2.75, 3.05) is 0 Å². The van der Waals surface area contributed by atoms with Crippen molar-refractivity contribution in [1.29, 1.82) is 0 Å². The van der Waals surface area contributed by atoms with Gasteiger partial charge in [-0.2, -0.15) is 0 Å². The van der Waals surface area contributed by atoms with Crippen LogP contribution in [0.25, 0.3) is 0 Å². The number of rotatable bonds is 1. The van der Waals surface area contributed by atoms with Gasteiger partial charge >= 0.3 is 0 Å². The zero-order valence-corrected chi connectivity index (χ0v) is 13.4. The normalized spacial score (nSPS) is 19.7. The molecule has 1 aliphatic rings. The van der Waals surface area contributed by atoms with Gasteiger partial charge in [0.25, 0.3) is 0 Å². The third-order valence-electron chi connectivity index (χ3n) is 2.96. The van der Waals surface area contributed by atoms with Crippen molar-refractivity contribution in [1.82, 2.24) is 0 Å². The standard InChI is InChI=1S/C14H18BrNOS/c1-14(2,3)18(17)16-13-6-4-5-10-7-8-11(15)9-12(10)13/h7-9H,4-6H2,1-3H3/b16-13+. The van der Waals surface area contributed by atoms with Gasteiger partial charge in [0.1, 0.15) is 16.1 Å². The lowest BCUT2D eigenvalue weighted by molar-refractivity contribution is 0.561. The number of aryl methyl sites for hydroxylation is 1. The maximum absolute atomic E-state index is 12.1. The van der Waals surface area contributed by atoms with Gasteiger partial charge in [-0.1, -0.05) is 26.4 Å². The van der Waals surface area contributed by atoms with E-state index in [1.54, 1.807) is 0 Å². The molecule has 2 nitrogen and oxygen atoms in total. The van der Waals surface area contributed by atoms with E-state index in [1.165, 1.54) is 5.56 Å². The lowest BCUT2D eigenvalue weighted by Crippen LogP contribution is -2.27. The topological polar surface area (TPSA) is 35.4 Å². The highest BCUT2D eigenvalue weighted by Crippen LogP contribution is 2.27. The van der Waals surface area contributed by atoms with Crippen LogP contribution in [0.1, 0.15) is 44.7 Å². The van der Waals surface area contributed by atoms with Gasteiger partial charge in [0.05, 0.1) is 5.71 Å². The Morgan fingerprint density at radius 1 is 1.28 bits per heavy atom. The summed E-state index contributed by atoms with van der Waals surface area (Å²) in [4.78, 5) is 0. The number of hydrogen-bond donors (Lipinski definition) is 0. The van der Waals surface area contributed by atoms with Crippen molar-refractivity contribution in [2.24, 2.45) is 4.40 Å². The fourth-order valence-electron chi connectivity index (χ4n) is 1.95. The first-order chi connectivity index (χ1) is 8.38. The Kier molecular flexibility index (Phi) is 4.19. The van der Waals surface area contributed by atoms with E-state index in [0.717, 1.165) is 35.0 Å². The second kappa shape index (κ2) is 5.35. The van der Waals surface area contributed by atoms with Gasteiger partial charge in [-0.05, 0) is 57.7 Å². The molecule has 0 bridgehead atoms. The van der Waals surface area contributed by atoms with E-state index in [2.05, 4.69) is 38.5 Å². The molecule has 1 atom stereocenters. The van der Waals surface area contributed by atoms with Crippen LogP contribution in [0.4, 0.5) is 0 Å². The number of benzene rings is 1. The second-order valence-corrected chi connectivity index (χ2v) is 8.38. The quantitative estimate of drug-likeness (QED) is 0.717. The predicted molar refractivity (Wildman–Crippen MR) is 81.5 cm³/mol. The van der Waals surface area contributed by atoms with Gasteiger partial charge in [0.15, 0.2) is 0 Å². The molecule has 4 heteroatoms. The summed E-state index contributed by atoms with van der Waals surface area (Å²) in [6, 6.07) is 6.28. The number of halogens is 1. The smallest absolute Gasteiger partial charge is 0.144 e. The summed E-state index contributed by atoms with van der Waals surface area (Å²) in [5, 5.41) is 0. The van der Waals surface area contributed by atoms with Crippen molar-refractivity contribution in [2.45, 2.75) is 44.8 Å². The number of nitrogens with zero attached hydrogens (tertiary/aromatic N) is 1. The van der Waals surface area contributed by atoms with Gasteiger partial charge in [-0.25, -0.2) is 0 Å². The molecule has 0 aliphatic heterocycles. The SMILES string of the molecule is CC(C)(C)[S+]([O-])/N=C1\CCCc2ccc(Br)cc21. The van der Waals surface area contributed by atoms with Crippen molar-refractivity contribution in [3.8, 4) is 0 Å². The first-order valence-corrected chi connectivity index (χ1v) is 8.06. The van der Waals surface area contributed by atoms with E-state index in [0.29, 0.717) is 0 Å². The minimum absolute atomic E-state index is 0.295. The summed E-state index contributed by atoms with van der Waals surface area (Å²) in [5.74, 6) is 0. The first kappa shape index (κ1) is 14.1. The Morgan fingerprint density at radius 3 is 2.67 bits per heavy atom. The summed E-state index contributed by atoms with van der Waals surface area (Å²) in [7, 11) is 0. The van der Waals surface area contributed by atoms with Crippen molar-refractivity contribution in [3.63, 3.8) is 0 Å². The van der Waals surface area contributed by atoms with Crippen LogP contribution >= 0.6 is 15.9 Å². The van der Waals surface area contributed by atoms with Crippen LogP contribution in [-0.2, 0) is 17.8 Å². The van der Waals surface area contributed by atoms with E-state index in [-0.39, 0.29) is 4.75 Å². The summed E-state index contributed by atoms with van der Waals surface area (Å²) in [6.07, 6.45) is 3.10. The molecule has 0 saturated heterocycles. The monoisotopic (exact) mass is 327 g/mol. The summed E-state index contributed by atoms with van der Waals surface area (Å²) >= 11 is 2.32. The molecular weight excluding hydrogens is 310 g/mol. The maximum Gasteiger partial charge on any atom is 0.144 e. The highest BCUT2D eigenvalue weighted by Gasteiger charge is 2.28. The molecule has 0 radical (unpaired) electrons. The van der Waals surface area contributed by atoms with Gasteiger partial charge in [0, 0.05) is 10.0 Å². The van der Waals surface area contributed by atoms with Crippen LogP contribution in [0.15, 0.2) is 27.1 Å². The molecule has 0 saturated carbocycles. The lowest BCUT2D eigenvalue weighted by Gasteiger charge is -2.22. The Bertz CT molecular complexity index is 479. The summed E-state index contributed by atoms with van der Waals surface area (Å²) < 4.78 is 17.4. The van der Waals surface area contributed by atoms with E-state index in [4.69, 9.17) is 0 Å². The Balaban J connectivity index is 2.38. The highest BCUT2D eigenvalue weighted by atomic mass is 79.9. The van der Waals surface area contributed by atoms with Crippen molar-refractivity contribution in [3.05, 3.63) is 33.8 Å². The first-order valence-electron chi connectivity index (χ1n) is 6.16. The molecule has 0 aromatic heterocycles. The fourth-order valence-corrected chi connectivity index (χ4v) is 2.97. The number of fused-ring (bicyclic) bond motifs is 1. The van der Waals surface area contributed by atoms with Crippen LogP contribution in [-0.4, -0.2) is 15.0 Å². The van der Waals surface area contributed by atoms with E-state index in [1.807, 2.05) is 20.8 Å². The minimum atomic E-state index is -1.18. The van der Waals surface area contributed by atoms with Crippen LogP contribution in [0.2, 0.25) is 0 Å². The molecule has 1 aromatic carbocycles. The van der Waals surface area contributed by atoms with E-state index >= 15 is 0 Å². The van der Waals surface area contributed by atoms with E-state index < -0.39 is 11.4 Å². The number of hydrogen-bond acceptors (Lipinski definition) is 2. The molecule has 0 N–H and O–H groups in total. The maximum atomic E-state index is 12.1. The Labute approximate surface area is 120 Å². The average molecular weight is 328 g/mol. The van der Waals surface area contributed by atoms with Gasteiger partial charge in [0.2, 0.25) is 0 Å². The van der Waals surface area contributed by atoms with Gasteiger partial charge < -0.3 is 4.55 Å². The zero-order valence-electron chi connectivity index (χ0n) is 11.0. The fraction of sp³-hybridized carbons (Fsp3) is 0.500. The third-order valence-corrected chi connectivity index (χ3v) is 4.89. The molecule has 0 heterocycles. The molecule has 0 amide bonds. The molecular formula is C14H18BrNOS. The highest BCUT2D eigenvalue weighted by molar-refractivity contribution is 9.10. The molecule has 1 aromatic rings. The third kappa shape index (κ3) is 3.16. The van der Waals surface area contributed by atoms with Crippen LogP contribution in [0, 0.1) is 0 Å². The Hall–Kier alpha value is -0.320. The zero-order chi connectivity index (χ0) is 13.3. The van der Waals surface area contributed by atoms with Crippen LogP contribution in [0.5, 0.6) is 0 Å². The molecule has 18 heavy (non-hydrogen) atoms. The second-order valence-electron chi connectivity index (χ2n) is 5.55. The van der Waals surface area contributed by atoms with Crippen LogP contribution < -0.4 is 0 Å². The minimum Gasteiger partial charge on any atom is -0.591 e. The van der Waals surface area contributed by atoms with Crippen LogP contribution in [0.3, 0.4) is 0 Å². The summed E-state index contributed by atoms with van der Waals surface area (Å²) in [5.41, 5.74) is 3.47. The molecule has 0 fully saturated rings. The van der Waals surface area contributed by atoms with Crippen molar-refractivity contribution >= 4 is 33.0 Å². The Morgan fingerprint density at radius 2 is 2.00 bits per heavy atom. The van der Waals surface area contributed by atoms with E-state index in [9.17, 15) is 4.55 Å². The molecule has 2 rings (SSSR count). The molecule has 1 aliphatic carbocycles. The molecule has 0 spiro atoms. The summed E-state index contributed by atoms with van der Waals surface area (Å²) in [6.45, 7) is 5.87. The van der Waals surface area contributed by atoms with Gasteiger partial charge in [-0.3, -0.25) is 0 Å². The van der Waals surface area contributed by atoms with Gasteiger partial charge in [-0.15, -0.1) is 0 Å². The molecule has 1 unspecified atom stereocenters. The van der Waals surface area contributed by atoms with Crippen molar-refractivity contribution < 1.29 is 4.55 Å². The predicted octanol–water partition coefficient (Wildman–Crippen LogP) is 4.04. The molecule has 98 valence electrons. The average Bonchev–Trinajstić information content (AvgIpc) is 2.28. The largest absolute Gasteiger partial charge is 0.591 e. The lowest BCUT2D eigenvalue weighted by atomic mass is 9.90.